The van der Waals surface area contributed by atoms with Crippen molar-refractivity contribution < 1.29 is 14.4 Å². The number of hydrogen-bond acceptors (Lipinski definition) is 4. The largest absolute Gasteiger partial charge is 0.329 e. The number of nitrogens with one attached hydrogen (secondary N) is 2. The first-order chi connectivity index (χ1) is 14.5. The fraction of sp³-hybridized carbons (Fsp3) is 0.0870. The van der Waals surface area contributed by atoms with E-state index in [1.54, 1.807) is 18.2 Å². The third-order valence-electron chi connectivity index (χ3n) is 4.57. The average Bonchev–Trinajstić information content (AvgIpc) is 3.31. The molecule has 6 nitrogen and oxygen atoms in total. The Morgan fingerprint density at radius 3 is 2.50 bits per heavy atom. The molecule has 4 rings (SSSR count). The fourth-order valence-corrected chi connectivity index (χ4v) is 3.98. The zero-order chi connectivity index (χ0) is 21.1. The lowest BCUT2D eigenvalue weighted by atomic mass is 10.2. The molecule has 0 aliphatic carbocycles. The van der Waals surface area contributed by atoms with E-state index in [0.29, 0.717) is 5.69 Å². The Bertz CT molecular complexity index is 1130. The van der Waals surface area contributed by atoms with E-state index in [1.807, 2.05) is 61.5 Å². The van der Waals surface area contributed by atoms with Gasteiger partial charge < -0.3 is 10.6 Å². The van der Waals surface area contributed by atoms with Crippen LogP contribution < -0.4 is 10.6 Å². The van der Waals surface area contributed by atoms with Crippen LogP contribution in [0.4, 0.5) is 10.5 Å². The van der Waals surface area contributed by atoms with Crippen molar-refractivity contribution in [3.05, 3.63) is 82.9 Å². The minimum absolute atomic E-state index is 0.157. The van der Waals surface area contributed by atoms with Gasteiger partial charge >= 0.3 is 6.03 Å². The Morgan fingerprint density at radius 2 is 1.77 bits per heavy atom. The maximum absolute atomic E-state index is 12.6. The van der Waals surface area contributed by atoms with Crippen molar-refractivity contribution in [3.8, 4) is 10.4 Å². The average molecular weight is 417 g/mol. The molecule has 4 amide bonds. The van der Waals surface area contributed by atoms with E-state index in [-0.39, 0.29) is 12.2 Å². The van der Waals surface area contributed by atoms with Crippen LogP contribution in [0.25, 0.3) is 16.5 Å². The van der Waals surface area contributed by atoms with E-state index in [1.165, 1.54) is 11.3 Å². The lowest BCUT2D eigenvalue weighted by molar-refractivity contribution is -0.127. The van der Waals surface area contributed by atoms with Gasteiger partial charge in [0, 0.05) is 15.4 Å². The Balaban J connectivity index is 1.44. The molecule has 7 heteroatoms. The highest BCUT2D eigenvalue weighted by molar-refractivity contribution is 7.16. The second-order valence-corrected chi connectivity index (χ2v) is 7.98. The molecule has 0 spiro atoms. The van der Waals surface area contributed by atoms with Gasteiger partial charge in [-0.05, 0) is 42.8 Å². The molecule has 1 fully saturated rings. The Morgan fingerprint density at radius 1 is 1.03 bits per heavy atom. The van der Waals surface area contributed by atoms with Gasteiger partial charge in [-0.1, -0.05) is 48.0 Å². The van der Waals surface area contributed by atoms with E-state index < -0.39 is 17.8 Å². The first-order valence-electron chi connectivity index (χ1n) is 9.36. The van der Waals surface area contributed by atoms with Crippen LogP contribution in [-0.2, 0) is 9.59 Å². The number of carbonyl (C=O) groups excluding carboxylic acids is 3. The summed E-state index contributed by atoms with van der Waals surface area (Å²) >= 11 is 1.52. The summed E-state index contributed by atoms with van der Waals surface area (Å²) in [6.45, 7) is 1.60. The predicted molar refractivity (Wildman–Crippen MR) is 118 cm³/mol. The summed E-state index contributed by atoms with van der Waals surface area (Å²) in [5.74, 6) is -0.959. The SMILES string of the molecule is Cc1ccc(NC(=O)CN2C(=O)N/C(=C\c3ccc(-c4ccccc4)s3)C2=O)cc1. The minimum atomic E-state index is -0.606. The van der Waals surface area contributed by atoms with Gasteiger partial charge in [-0.25, -0.2) is 9.69 Å². The van der Waals surface area contributed by atoms with Gasteiger partial charge in [0.1, 0.15) is 12.2 Å². The lowest BCUT2D eigenvalue weighted by Crippen LogP contribution is -2.38. The van der Waals surface area contributed by atoms with Crippen molar-refractivity contribution in [1.29, 1.82) is 0 Å². The monoisotopic (exact) mass is 417 g/mol. The number of amides is 4. The highest BCUT2D eigenvalue weighted by atomic mass is 32.1. The summed E-state index contributed by atoms with van der Waals surface area (Å²) in [5.41, 5.74) is 2.93. The molecule has 3 aromatic rings. The quantitative estimate of drug-likeness (QED) is 0.481. The maximum Gasteiger partial charge on any atom is 0.329 e. The van der Waals surface area contributed by atoms with Crippen LogP contribution in [0.2, 0.25) is 0 Å². The van der Waals surface area contributed by atoms with E-state index in [2.05, 4.69) is 10.6 Å². The Labute approximate surface area is 177 Å². The summed E-state index contributed by atoms with van der Waals surface area (Å²) in [5, 5.41) is 5.25. The highest BCUT2D eigenvalue weighted by Gasteiger charge is 2.35. The second kappa shape index (κ2) is 8.34. The number of imide groups is 1. The van der Waals surface area contributed by atoms with Crippen LogP contribution in [0, 0.1) is 6.92 Å². The molecular formula is C23H19N3O3S. The lowest BCUT2D eigenvalue weighted by Gasteiger charge is -2.12. The van der Waals surface area contributed by atoms with Crippen molar-refractivity contribution in [2.75, 3.05) is 11.9 Å². The molecule has 0 atom stereocenters. The molecule has 0 unspecified atom stereocenters. The number of hydrogen-bond donors (Lipinski definition) is 2. The first-order valence-corrected chi connectivity index (χ1v) is 10.2. The zero-order valence-corrected chi connectivity index (χ0v) is 17.0. The number of nitrogens with zero attached hydrogens (tertiary/aromatic N) is 1. The highest BCUT2D eigenvalue weighted by Crippen LogP contribution is 2.29. The number of carbonyl (C=O) groups is 3. The number of benzene rings is 2. The first kappa shape index (κ1) is 19.6. The summed E-state index contributed by atoms with van der Waals surface area (Å²) < 4.78 is 0. The van der Waals surface area contributed by atoms with E-state index in [9.17, 15) is 14.4 Å². The maximum atomic E-state index is 12.6. The molecule has 1 aromatic heterocycles. The molecule has 1 aliphatic heterocycles. The molecule has 1 saturated heterocycles. The van der Waals surface area contributed by atoms with E-state index in [0.717, 1.165) is 25.8 Å². The topological polar surface area (TPSA) is 78.5 Å². The summed E-state index contributed by atoms with van der Waals surface area (Å²) in [6, 6.07) is 20.5. The predicted octanol–water partition coefficient (Wildman–Crippen LogP) is 4.25. The van der Waals surface area contributed by atoms with Crippen molar-refractivity contribution >= 4 is 40.9 Å². The third-order valence-corrected chi connectivity index (χ3v) is 5.65. The number of aryl methyl sites for hydroxylation is 1. The molecular weight excluding hydrogens is 398 g/mol. The second-order valence-electron chi connectivity index (χ2n) is 6.86. The molecule has 150 valence electrons. The molecule has 1 aliphatic rings. The smallest absolute Gasteiger partial charge is 0.325 e. The van der Waals surface area contributed by atoms with Gasteiger partial charge in [0.05, 0.1) is 0 Å². The van der Waals surface area contributed by atoms with Gasteiger partial charge in [-0.3, -0.25) is 9.59 Å². The Kier molecular flexibility index (Phi) is 5.45. The number of rotatable bonds is 5. The minimum Gasteiger partial charge on any atom is -0.325 e. The van der Waals surface area contributed by atoms with Gasteiger partial charge in [-0.15, -0.1) is 11.3 Å². The van der Waals surface area contributed by atoms with E-state index >= 15 is 0 Å². The van der Waals surface area contributed by atoms with Gasteiger partial charge in [-0.2, -0.15) is 0 Å². The van der Waals surface area contributed by atoms with Crippen molar-refractivity contribution in [2.45, 2.75) is 6.92 Å². The third kappa shape index (κ3) is 4.31. The van der Waals surface area contributed by atoms with Crippen LogP contribution in [0.1, 0.15) is 10.4 Å². The van der Waals surface area contributed by atoms with Crippen LogP contribution in [0.5, 0.6) is 0 Å². The van der Waals surface area contributed by atoms with Crippen molar-refractivity contribution in [3.63, 3.8) is 0 Å². The van der Waals surface area contributed by atoms with Crippen LogP contribution in [0.15, 0.2) is 72.4 Å². The van der Waals surface area contributed by atoms with Gasteiger partial charge in [0.2, 0.25) is 5.91 Å². The normalized spacial score (nSPS) is 14.8. The molecule has 2 heterocycles. The number of urea groups is 1. The Hall–Kier alpha value is -3.71. The van der Waals surface area contributed by atoms with Crippen LogP contribution in [0.3, 0.4) is 0 Å². The molecule has 0 bridgehead atoms. The fourth-order valence-electron chi connectivity index (χ4n) is 3.03. The summed E-state index contributed by atoms with van der Waals surface area (Å²) in [7, 11) is 0. The van der Waals surface area contributed by atoms with Gasteiger partial charge in [0.25, 0.3) is 5.91 Å². The van der Waals surface area contributed by atoms with E-state index in [4.69, 9.17) is 0 Å². The van der Waals surface area contributed by atoms with Crippen LogP contribution >= 0.6 is 11.3 Å². The molecule has 0 saturated carbocycles. The number of thiophene rings is 1. The molecule has 2 N–H and O–H groups in total. The standard InChI is InChI=1S/C23H19N3O3S/c1-15-7-9-17(10-8-15)24-21(27)14-26-22(28)19(25-23(26)29)13-18-11-12-20(30-18)16-5-3-2-4-6-16/h2-13H,14H2,1H3,(H,24,27)(H,25,29)/b19-13-. The summed E-state index contributed by atoms with van der Waals surface area (Å²) in [6.07, 6.45) is 1.63. The molecule has 30 heavy (non-hydrogen) atoms. The molecule has 2 aromatic carbocycles. The number of anilines is 1. The zero-order valence-electron chi connectivity index (χ0n) is 16.2. The van der Waals surface area contributed by atoms with Crippen LogP contribution in [-0.4, -0.2) is 29.3 Å². The molecule has 0 radical (unpaired) electrons. The van der Waals surface area contributed by atoms with Crippen molar-refractivity contribution in [1.82, 2.24) is 10.2 Å². The summed E-state index contributed by atoms with van der Waals surface area (Å²) in [4.78, 5) is 39.9. The van der Waals surface area contributed by atoms with Crippen molar-refractivity contribution in [2.24, 2.45) is 0 Å². The van der Waals surface area contributed by atoms with Gasteiger partial charge in [0.15, 0.2) is 0 Å².